The maximum absolute atomic E-state index is 12.1. The van der Waals surface area contributed by atoms with Crippen LogP contribution in [0, 0.1) is 5.41 Å². The van der Waals surface area contributed by atoms with Gasteiger partial charge in [0, 0.05) is 13.1 Å². The first-order chi connectivity index (χ1) is 7.79. The van der Waals surface area contributed by atoms with Crippen LogP contribution in [0.4, 0.5) is 0 Å². The van der Waals surface area contributed by atoms with E-state index in [4.69, 9.17) is 4.74 Å². The Kier molecular flexibility index (Phi) is 3.54. The fourth-order valence-electron chi connectivity index (χ4n) is 2.31. The highest BCUT2D eigenvalue weighted by atomic mass is 32.2. The molecule has 0 aromatic carbocycles. The third kappa shape index (κ3) is 3.42. The molecule has 2 aliphatic rings. The van der Waals surface area contributed by atoms with Crippen molar-refractivity contribution in [1.82, 2.24) is 4.31 Å². The van der Waals surface area contributed by atoms with Gasteiger partial charge in [0.1, 0.15) is 0 Å². The van der Waals surface area contributed by atoms with Gasteiger partial charge in [0.25, 0.3) is 0 Å². The Morgan fingerprint density at radius 1 is 1.29 bits per heavy atom. The van der Waals surface area contributed by atoms with Gasteiger partial charge in [-0.3, -0.25) is 0 Å². The van der Waals surface area contributed by atoms with Crippen molar-refractivity contribution in [2.24, 2.45) is 5.41 Å². The summed E-state index contributed by atoms with van der Waals surface area (Å²) in [6.45, 7) is 8.07. The van der Waals surface area contributed by atoms with Gasteiger partial charge in [-0.25, -0.2) is 8.42 Å². The molecule has 1 saturated heterocycles. The van der Waals surface area contributed by atoms with Crippen molar-refractivity contribution < 1.29 is 13.2 Å². The molecule has 0 radical (unpaired) electrons. The van der Waals surface area contributed by atoms with E-state index in [1.807, 2.05) is 0 Å². The number of sulfonamides is 1. The minimum absolute atomic E-state index is 0.0530. The van der Waals surface area contributed by atoms with Crippen molar-refractivity contribution in [1.29, 1.82) is 0 Å². The van der Waals surface area contributed by atoms with Gasteiger partial charge in [-0.15, -0.1) is 0 Å². The smallest absolute Gasteiger partial charge is 0.217 e. The SMILES string of the molecule is CC(C)(C)C[C@@H]1CN(S(=O)(=O)C2CC2)CCO1. The summed E-state index contributed by atoms with van der Waals surface area (Å²) >= 11 is 0. The number of nitrogens with zero attached hydrogens (tertiary/aromatic N) is 1. The van der Waals surface area contributed by atoms with Gasteiger partial charge in [0.05, 0.1) is 18.0 Å². The lowest BCUT2D eigenvalue weighted by Gasteiger charge is -2.35. The summed E-state index contributed by atoms with van der Waals surface area (Å²) in [6.07, 6.45) is 2.63. The molecule has 5 heteroatoms. The van der Waals surface area contributed by atoms with Crippen LogP contribution in [0.5, 0.6) is 0 Å². The number of morpholine rings is 1. The van der Waals surface area contributed by atoms with Crippen LogP contribution in [0.2, 0.25) is 0 Å². The van der Waals surface area contributed by atoms with Gasteiger partial charge in [-0.05, 0) is 24.7 Å². The molecule has 0 aromatic heterocycles. The number of hydrogen-bond donors (Lipinski definition) is 0. The molecule has 1 heterocycles. The topological polar surface area (TPSA) is 46.6 Å². The lowest BCUT2D eigenvalue weighted by atomic mass is 9.89. The third-order valence-electron chi connectivity index (χ3n) is 3.25. The van der Waals surface area contributed by atoms with Crippen LogP contribution in [0.15, 0.2) is 0 Å². The zero-order chi connectivity index (χ0) is 12.7. The molecule has 1 aliphatic carbocycles. The summed E-state index contributed by atoms with van der Waals surface area (Å²) in [5, 5.41) is -0.101. The Bertz CT molecular complexity index is 368. The van der Waals surface area contributed by atoms with E-state index in [2.05, 4.69) is 20.8 Å². The maximum atomic E-state index is 12.1. The summed E-state index contributed by atoms with van der Waals surface area (Å²) in [5.41, 5.74) is 0.178. The highest BCUT2D eigenvalue weighted by Crippen LogP contribution is 2.33. The predicted molar refractivity (Wildman–Crippen MR) is 67.3 cm³/mol. The first-order valence-corrected chi connectivity index (χ1v) is 7.90. The fraction of sp³-hybridized carbons (Fsp3) is 1.00. The molecule has 0 bridgehead atoms. The van der Waals surface area contributed by atoms with Crippen molar-refractivity contribution in [3.63, 3.8) is 0 Å². The van der Waals surface area contributed by atoms with Crippen LogP contribution < -0.4 is 0 Å². The van der Waals surface area contributed by atoms with Crippen LogP contribution in [0.25, 0.3) is 0 Å². The summed E-state index contributed by atoms with van der Waals surface area (Å²) in [7, 11) is -3.02. The summed E-state index contributed by atoms with van der Waals surface area (Å²) < 4.78 is 31.6. The molecule has 4 nitrogen and oxygen atoms in total. The molecule has 0 spiro atoms. The molecular weight excluding hydrogens is 238 g/mol. The number of rotatable bonds is 3. The molecule has 0 amide bonds. The van der Waals surface area contributed by atoms with E-state index < -0.39 is 10.0 Å². The van der Waals surface area contributed by atoms with E-state index in [1.54, 1.807) is 4.31 Å². The van der Waals surface area contributed by atoms with Crippen molar-refractivity contribution in [3.05, 3.63) is 0 Å². The van der Waals surface area contributed by atoms with Gasteiger partial charge in [-0.2, -0.15) is 4.31 Å². The minimum atomic E-state index is -3.02. The zero-order valence-corrected chi connectivity index (χ0v) is 11.8. The summed E-state index contributed by atoms with van der Waals surface area (Å²) in [5.74, 6) is 0. The molecule has 0 aromatic rings. The normalized spacial score (nSPS) is 28.3. The van der Waals surface area contributed by atoms with Crippen LogP contribution in [-0.2, 0) is 14.8 Å². The molecule has 1 aliphatic heterocycles. The molecule has 17 heavy (non-hydrogen) atoms. The highest BCUT2D eigenvalue weighted by molar-refractivity contribution is 7.90. The largest absolute Gasteiger partial charge is 0.375 e. The molecule has 0 N–H and O–H groups in total. The second-order valence-corrected chi connectivity index (χ2v) is 8.57. The van der Waals surface area contributed by atoms with Gasteiger partial charge in [0.15, 0.2) is 0 Å². The number of hydrogen-bond acceptors (Lipinski definition) is 3. The quantitative estimate of drug-likeness (QED) is 0.775. The highest BCUT2D eigenvalue weighted by Gasteiger charge is 2.42. The first kappa shape index (κ1) is 13.3. The van der Waals surface area contributed by atoms with Gasteiger partial charge < -0.3 is 4.74 Å². The summed E-state index contributed by atoms with van der Waals surface area (Å²) in [4.78, 5) is 0. The Hall–Kier alpha value is -0.130. The minimum Gasteiger partial charge on any atom is -0.375 e. The van der Waals surface area contributed by atoms with E-state index >= 15 is 0 Å². The fourth-order valence-corrected chi connectivity index (χ4v) is 4.16. The van der Waals surface area contributed by atoms with E-state index in [1.165, 1.54) is 0 Å². The van der Waals surface area contributed by atoms with Crippen molar-refractivity contribution in [2.75, 3.05) is 19.7 Å². The van der Waals surface area contributed by atoms with E-state index in [0.717, 1.165) is 19.3 Å². The number of ether oxygens (including phenoxy) is 1. The van der Waals surface area contributed by atoms with Crippen LogP contribution in [0.1, 0.15) is 40.0 Å². The Balaban J connectivity index is 1.97. The molecule has 1 atom stereocenters. The van der Waals surface area contributed by atoms with Crippen molar-refractivity contribution in [2.45, 2.75) is 51.4 Å². The van der Waals surface area contributed by atoms with E-state index in [0.29, 0.717) is 19.7 Å². The molecule has 0 unspecified atom stereocenters. The Morgan fingerprint density at radius 2 is 1.94 bits per heavy atom. The Morgan fingerprint density at radius 3 is 2.47 bits per heavy atom. The standard InChI is InChI=1S/C12H23NO3S/c1-12(2,3)8-10-9-13(6-7-16-10)17(14,15)11-4-5-11/h10-11H,4-9H2,1-3H3/t10-/m1/s1. The summed E-state index contributed by atoms with van der Waals surface area (Å²) in [6, 6.07) is 0. The molecule has 1 saturated carbocycles. The van der Waals surface area contributed by atoms with Crippen LogP contribution >= 0.6 is 0 Å². The average molecular weight is 261 g/mol. The first-order valence-electron chi connectivity index (χ1n) is 6.39. The van der Waals surface area contributed by atoms with E-state index in [9.17, 15) is 8.42 Å². The van der Waals surface area contributed by atoms with Crippen LogP contribution in [-0.4, -0.2) is 43.8 Å². The molecule has 2 rings (SSSR count). The zero-order valence-electron chi connectivity index (χ0n) is 11.0. The van der Waals surface area contributed by atoms with Crippen molar-refractivity contribution in [3.8, 4) is 0 Å². The van der Waals surface area contributed by atoms with Gasteiger partial charge in [-0.1, -0.05) is 20.8 Å². The second kappa shape index (κ2) is 4.52. The van der Waals surface area contributed by atoms with E-state index in [-0.39, 0.29) is 16.8 Å². The molecule has 100 valence electrons. The van der Waals surface area contributed by atoms with Crippen molar-refractivity contribution >= 4 is 10.0 Å². The van der Waals surface area contributed by atoms with Gasteiger partial charge in [0.2, 0.25) is 10.0 Å². The maximum Gasteiger partial charge on any atom is 0.217 e. The lowest BCUT2D eigenvalue weighted by Crippen LogP contribution is -2.47. The van der Waals surface area contributed by atoms with Crippen LogP contribution in [0.3, 0.4) is 0 Å². The second-order valence-electron chi connectivity index (χ2n) is 6.36. The van der Waals surface area contributed by atoms with Gasteiger partial charge >= 0.3 is 0 Å². The molecule has 2 fully saturated rings. The molecular formula is C12H23NO3S. The average Bonchev–Trinajstić information content (AvgIpc) is 2.98. The third-order valence-corrected chi connectivity index (χ3v) is 5.61. The predicted octanol–water partition coefficient (Wildman–Crippen LogP) is 1.62. The Labute approximate surface area is 104 Å². The monoisotopic (exact) mass is 261 g/mol. The lowest BCUT2D eigenvalue weighted by molar-refractivity contribution is -0.0217.